The van der Waals surface area contributed by atoms with Crippen LogP contribution >= 0.6 is 0 Å². The number of nitriles is 1. The summed E-state index contributed by atoms with van der Waals surface area (Å²) in [7, 11) is 0. The Labute approximate surface area is 205 Å². The fourth-order valence-corrected chi connectivity index (χ4v) is 4.78. The Morgan fingerprint density at radius 3 is 2.33 bits per heavy atom. The van der Waals surface area contributed by atoms with Crippen LogP contribution in [0.15, 0.2) is 54.7 Å². The highest BCUT2D eigenvalue weighted by Crippen LogP contribution is 2.42. The number of nitrogens with one attached hydrogen (secondary N) is 1. The van der Waals surface area contributed by atoms with Crippen LogP contribution in [0.5, 0.6) is 0 Å². The molecule has 0 aliphatic heterocycles. The third-order valence-corrected chi connectivity index (χ3v) is 6.82. The van der Waals surface area contributed by atoms with Crippen LogP contribution in [0, 0.1) is 23.1 Å². The summed E-state index contributed by atoms with van der Waals surface area (Å²) in [5.41, 5.74) is 5.78. The molecule has 3 N–H and O–H groups in total. The summed E-state index contributed by atoms with van der Waals surface area (Å²) in [5, 5.41) is 17.1. The van der Waals surface area contributed by atoms with Crippen molar-refractivity contribution >= 4 is 17.4 Å². The predicted molar refractivity (Wildman–Crippen MR) is 126 cm³/mol. The van der Waals surface area contributed by atoms with Crippen molar-refractivity contribution in [3.8, 4) is 6.07 Å². The van der Waals surface area contributed by atoms with Gasteiger partial charge < -0.3 is 11.1 Å². The smallest absolute Gasteiger partial charge is 0.365 e. The minimum Gasteiger partial charge on any atom is -0.365 e. The summed E-state index contributed by atoms with van der Waals surface area (Å²) in [4.78, 5) is 12.1. The molecule has 1 fully saturated rings. The van der Waals surface area contributed by atoms with Gasteiger partial charge >= 0.3 is 6.18 Å². The van der Waals surface area contributed by atoms with Gasteiger partial charge in [0.25, 0.3) is 5.91 Å². The molecule has 1 heterocycles. The van der Waals surface area contributed by atoms with Gasteiger partial charge in [-0.05, 0) is 80.0 Å². The number of primary amides is 1. The van der Waals surface area contributed by atoms with Crippen LogP contribution in [0.2, 0.25) is 0 Å². The number of hydrogen-bond acceptors (Lipinski definition) is 4. The molecule has 0 atom stereocenters. The maximum atomic E-state index is 13.3. The predicted octanol–water partition coefficient (Wildman–Crippen LogP) is 5.93. The molecule has 36 heavy (non-hydrogen) atoms. The molecule has 1 saturated carbocycles. The van der Waals surface area contributed by atoms with Gasteiger partial charge in [0, 0.05) is 11.9 Å². The SMILES string of the molecule is N#CCC1(n2cc(C(N)=O)c(Nc3ccc(F)cc3)n2)CCC(Cc2ccc(C(F)(F)F)cc2)CC1. The number of carbonyl (C=O) groups is 1. The molecule has 2 aromatic carbocycles. The molecule has 3 aromatic rings. The maximum absolute atomic E-state index is 13.3. The normalized spacial score (nSPS) is 20.0. The Balaban J connectivity index is 1.51. The third-order valence-electron chi connectivity index (χ3n) is 6.82. The van der Waals surface area contributed by atoms with Crippen LogP contribution in [-0.2, 0) is 18.1 Å². The first-order valence-electron chi connectivity index (χ1n) is 11.6. The molecule has 6 nitrogen and oxygen atoms in total. The highest BCUT2D eigenvalue weighted by molar-refractivity contribution is 5.98. The largest absolute Gasteiger partial charge is 0.416 e. The van der Waals surface area contributed by atoms with Gasteiger partial charge in [-0.2, -0.15) is 23.5 Å². The number of hydrogen-bond donors (Lipinski definition) is 2. The minimum absolute atomic E-state index is 0.156. The molecular formula is C26H25F4N5O. The Kier molecular flexibility index (Phi) is 7.02. The van der Waals surface area contributed by atoms with E-state index in [0.717, 1.165) is 30.5 Å². The fraction of sp³-hybridized carbons (Fsp3) is 0.346. The van der Waals surface area contributed by atoms with Gasteiger partial charge in [0.1, 0.15) is 11.4 Å². The quantitative estimate of drug-likeness (QED) is 0.394. The van der Waals surface area contributed by atoms with Crippen molar-refractivity contribution in [1.82, 2.24) is 9.78 Å². The zero-order valence-corrected chi connectivity index (χ0v) is 19.4. The molecule has 188 valence electrons. The molecule has 10 heteroatoms. The van der Waals surface area contributed by atoms with Crippen molar-refractivity contribution in [3.63, 3.8) is 0 Å². The summed E-state index contributed by atoms with van der Waals surface area (Å²) in [6.07, 6.45) is 0.716. The number of nitrogens with two attached hydrogens (primary N) is 1. The fourth-order valence-electron chi connectivity index (χ4n) is 4.78. The minimum atomic E-state index is -4.36. The Morgan fingerprint density at radius 1 is 1.14 bits per heavy atom. The summed E-state index contributed by atoms with van der Waals surface area (Å²) in [5.74, 6) is -0.619. The number of anilines is 2. The van der Waals surface area contributed by atoms with E-state index in [-0.39, 0.29) is 23.7 Å². The van der Waals surface area contributed by atoms with E-state index in [9.17, 15) is 27.6 Å². The molecule has 0 saturated heterocycles. The van der Waals surface area contributed by atoms with Gasteiger partial charge in [-0.3, -0.25) is 9.48 Å². The molecular weight excluding hydrogens is 474 g/mol. The lowest BCUT2D eigenvalue weighted by Crippen LogP contribution is -2.38. The summed E-state index contributed by atoms with van der Waals surface area (Å²) in [6, 6.07) is 13.0. The van der Waals surface area contributed by atoms with Gasteiger partial charge in [-0.25, -0.2) is 4.39 Å². The van der Waals surface area contributed by atoms with E-state index in [4.69, 9.17) is 5.73 Å². The van der Waals surface area contributed by atoms with Gasteiger partial charge in [0.05, 0.1) is 23.6 Å². The summed E-state index contributed by atoms with van der Waals surface area (Å²) < 4.78 is 53.4. The van der Waals surface area contributed by atoms with E-state index < -0.39 is 29.0 Å². The van der Waals surface area contributed by atoms with Crippen LogP contribution in [0.25, 0.3) is 0 Å². The Bertz CT molecular complexity index is 1250. The Hall–Kier alpha value is -3.87. The maximum Gasteiger partial charge on any atom is 0.416 e. The van der Waals surface area contributed by atoms with Gasteiger partial charge in [-0.15, -0.1) is 0 Å². The van der Waals surface area contributed by atoms with Crippen molar-refractivity contribution < 1.29 is 22.4 Å². The van der Waals surface area contributed by atoms with E-state index in [0.29, 0.717) is 24.9 Å². The average molecular weight is 500 g/mol. The van der Waals surface area contributed by atoms with Crippen LogP contribution in [0.3, 0.4) is 0 Å². The first-order chi connectivity index (χ1) is 17.1. The average Bonchev–Trinajstić information content (AvgIpc) is 3.27. The second kappa shape index (κ2) is 10.0. The number of aromatic nitrogens is 2. The lowest BCUT2D eigenvalue weighted by molar-refractivity contribution is -0.137. The van der Waals surface area contributed by atoms with Gasteiger partial charge in [0.2, 0.25) is 0 Å². The van der Waals surface area contributed by atoms with Crippen molar-refractivity contribution in [2.45, 2.75) is 50.2 Å². The van der Waals surface area contributed by atoms with Crippen molar-refractivity contribution in [3.05, 3.63) is 77.2 Å². The molecule has 1 aliphatic carbocycles. The second-order valence-electron chi connectivity index (χ2n) is 9.23. The monoisotopic (exact) mass is 499 g/mol. The molecule has 0 spiro atoms. The number of benzene rings is 2. The van der Waals surface area contributed by atoms with Crippen LogP contribution < -0.4 is 11.1 Å². The molecule has 1 aliphatic rings. The standard InChI is InChI=1S/C26H25F4N5O/c27-20-5-7-21(8-6-20)33-24-22(23(32)36)16-35(34-24)25(13-14-31)11-9-18(10-12-25)15-17-1-3-19(4-2-17)26(28,29)30/h1-8,16,18H,9-13,15H2,(H2,32,36)(H,33,34). The molecule has 4 rings (SSSR count). The topological polar surface area (TPSA) is 96.7 Å². The molecule has 1 amide bonds. The zero-order chi connectivity index (χ0) is 25.9. The van der Waals surface area contributed by atoms with Crippen LogP contribution in [0.4, 0.5) is 29.1 Å². The summed E-state index contributed by atoms with van der Waals surface area (Å²) >= 11 is 0. The number of halogens is 4. The van der Waals surface area contributed by atoms with Crippen molar-refractivity contribution in [2.75, 3.05) is 5.32 Å². The lowest BCUT2D eigenvalue weighted by atomic mass is 9.73. The van der Waals surface area contributed by atoms with E-state index in [1.807, 2.05) is 0 Å². The van der Waals surface area contributed by atoms with Gasteiger partial charge in [0.15, 0.2) is 5.82 Å². The molecule has 0 unspecified atom stereocenters. The third kappa shape index (κ3) is 5.51. The van der Waals surface area contributed by atoms with Crippen molar-refractivity contribution in [1.29, 1.82) is 5.26 Å². The van der Waals surface area contributed by atoms with E-state index in [1.54, 1.807) is 10.9 Å². The number of carbonyl (C=O) groups excluding carboxylic acids is 1. The van der Waals surface area contributed by atoms with Crippen LogP contribution in [-0.4, -0.2) is 15.7 Å². The Morgan fingerprint density at radius 2 is 1.78 bits per heavy atom. The highest BCUT2D eigenvalue weighted by atomic mass is 19.4. The highest BCUT2D eigenvalue weighted by Gasteiger charge is 2.39. The van der Waals surface area contributed by atoms with E-state index in [2.05, 4.69) is 16.5 Å². The molecule has 0 bridgehead atoms. The zero-order valence-electron chi connectivity index (χ0n) is 19.4. The van der Waals surface area contributed by atoms with E-state index >= 15 is 0 Å². The van der Waals surface area contributed by atoms with E-state index in [1.165, 1.54) is 36.4 Å². The lowest BCUT2D eigenvalue weighted by Gasteiger charge is -2.39. The molecule has 0 radical (unpaired) electrons. The summed E-state index contributed by atoms with van der Waals surface area (Å²) in [6.45, 7) is 0. The first kappa shape index (κ1) is 25.2. The number of amides is 1. The van der Waals surface area contributed by atoms with Gasteiger partial charge in [-0.1, -0.05) is 12.1 Å². The van der Waals surface area contributed by atoms with Crippen LogP contribution in [0.1, 0.15) is 53.6 Å². The molecule has 1 aromatic heterocycles. The second-order valence-corrected chi connectivity index (χ2v) is 9.23. The number of nitrogens with zero attached hydrogens (tertiary/aromatic N) is 3. The first-order valence-corrected chi connectivity index (χ1v) is 11.6. The number of rotatable bonds is 7. The number of alkyl halides is 3. The van der Waals surface area contributed by atoms with Crippen molar-refractivity contribution in [2.24, 2.45) is 11.7 Å².